The third-order valence-corrected chi connectivity index (χ3v) is 3.48. The Bertz CT molecular complexity index is 568. The molecule has 2 rings (SSSR count). The Balaban J connectivity index is 1.94. The molecule has 0 spiro atoms. The van der Waals surface area contributed by atoms with Crippen LogP contribution in [-0.2, 0) is 20.0 Å². The Hall–Kier alpha value is -1.52. The molecule has 1 N–H and O–H groups in total. The highest BCUT2D eigenvalue weighted by atomic mass is 35.5. The third kappa shape index (κ3) is 4.76. The minimum absolute atomic E-state index is 0.593. The summed E-state index contributed by atoms with van der Waals surface area (Å²) in [5.41, 5.74) is 2.26. The van der Waals surface area contributed by atoms with Gasteiger partial charge in [0, 0.05) is 31.8 Å². The van der Waals surface area contributed by atoms with Crippen molar-refractivity contribution in [3.63, 3.8) is 0 Å². The predicted octanol–water partition coefficient (Wildman–Crippen LogP) is 3.19. The van der Waals surface area contributed by atoms with Gasteiger partial charge in [-0.25, -0.2) is 0 Å². The SMILES string of the molecule is CCCNCc1cccc(Cl)c1OCCc1cnn(C)c1. The zero-order valence-electron chi connectivity index (χ0n) is 12.6. The van der Waals surface area contributed by atoms with E-state index in [0.29, 0.717) is 11.6 Å². The zero-order chi connectivity index (χ0) is 15.1. The lowest BCUT2D eigenvalue weighted by atomic mass is 10.2. The maximum atomic E-state index is 6.26. The molecular weight excluding hydrogens is 286 g/mol. The number of aromatic nitrogens is 2. The van der Waals surface area contributed by atoms with Crippen molar-refractivity contribution in [3.8, 4) is 5.75 Å². The predicted molar refractivity (Wildman–Crippen MR) is 85.9 cm³/mol. The van der Waals surface area contributed by atoms with Crippen molar-refractivity contribution in [2.45, 2.75) is 26.3 Å². The lowest BCUT2D eigenvalue weighted by molar-refractivity contribution is 0.318. The molecule has 4 nitrogen and oxygen atoms in total. The topological polar surface area (TPSA) is 39.1 Å². The Morgan fingerprint density at radius 2 is 2.24 bits per heavy atom. The number of hydrogen-bond donors (Lipinski definition) is 1. The summed E-state index contributed by atoms with van der Waals surface area (Å²) in [6.45, 7) is 4.50. The van der Waals surface area contributed by atoms with Crippen LogP contribution in [0.5, 0.6) is 5.75 Å². The van der Waals surface area contributed by atoms with Crippen LogP contribution in [0.2, 0.25) is 5.02 Å². The quantitative estimate of drug-likeness (QED) is 0.761. The average Bonchev–Trinajstić information content (AvgIpc) is 2.87. The van der Waals surface area contributed by atoms with Crippen LogP contribution >= 0.6 is 11.6 Å². The van der Waals surface area contributed by atoms with Crippen molar-refractivity contribution in [3.05, 3.63) is 46.7 Å². The van der Waals surface area contributed by atoms with E-state index in [2.05, 4.69) is 17.3 Å². The number of hydrogen-bond acceptors (Lipinski definition) is 3. The molecule has 0 saturated heterocycles. The molecule has 0 bridgehead atoms. The number of nitrogens with one attached hydrogen (secondary N) is 1. The number of halogens is 1. The summed E-state index contributed by atoms with van der Waals surface area (Å²) in [5, 5.41) is 8.19. The van der Waals surface area contributed by atoms with Gasteiger partial charge < -0.3 is 10.1 Å². The van der Waals surface area contributed by atoms with Gasteiger partial charge in [0.1, 0.15) is 5.75 Å². The summed E-state index contributed by atoms with van der Waals surface area (Å²) in [7, 11) is 1.91. The van der Waals surface area contributed by atoms with Gasteiger partial charge in [-0.2, -0.15) is 5.10 Å². The molecule has 0 aliphatic rings. The molecule has 5 heteroatoms. The number of aryl methyl sites for hydroxylation is 1. The number of benzene rings is 1. The zero-order valence-corrected chi connectivity index (χ0v) is 13.4. The second-order valence-corrected chi connectivity index (χ2v) is 5.43. The highest BCUT2D eigenvalue weighted by Gasteiger charge is 2.08. The minimum Gasteiger partial charge on any atom is -0.491 e. The summed E-state index contributed by atoms with van der Waals surface area (Å²) in [4.78, 5) is 0. The minimum atomic E-state index is 0.593. The Kier molecular flexibility index (Phi) is 6.08. The molecule has 0 saturated carbocycles. The normalized spacial score (nSPS) is 10.8. The molecule has 0 aliphatic heterocycles. The van der Waals surface area contributed by atoms with Gasteiger partial charge in [0.2, 0.25) is 0 Å². The monoisotopic (exact) mass is 307 g/mol. The van der Waals surface area contributed by atoms with Gasteiger partial charge in [0.25, 0.3) is 0 Å². The average molecular weight is 308 g/mol. The summed E-state index contributed by atoms with van der Waals surface area (Å²) < 4.78 is 7.70. The Labute approximate surface area is 131 Å². The molecule has 0 fully saturated rings. The van der Waals surface area contributed by atoms with Crippen molar-refractivity contribution >= 4 is 11.6 Å². The standard InChI is InChI=1S/C16H22ClN3O/c1-3-8-18-11-14-5-4-6-15(17)16(14)21-9-7-13-10-19-20(2)12-13/h4-6,10,12,18H,3,7-9,11H2,1-2H3. The van der Waals surface area contributed by atoms with Crippen LogP contribution < -0.4 is 10.1 Å². The molecule has 0 atom stereocenters. The number of rotatable bonds is 8. The Morgan fingerprint density at radius 3 is 2.95 bits per heavy atom. The van der Waals surface area contributed by atoms with Gasteiger partial charge >= 0.3 is 0 Å². The smallest absolute Gasteiger partial charge is 0.142 e. The number of nitrogens with zero attached hydrogens (tertiary/aromatic N) is 2. The highest BCUT2D eigenvalue weighted by Crippen LogP contribution is 2.28. The first-order valence-electron chi connectivity index (χ1n) is 7.29. The molecule has 0 radical (unpaired) electrons. The fourth-order valence-corrected chi connectivity index (χ4v) is 2.37. The van der Waals surface area contributed by atoms with E-state index in [0.717, 1.165) is 42.8 Å². The van der Waals surface area contributed by atoms with Crippen molar-refractivity contribution < 1.29 is 4.74 Å². The lowest BCUT2D eigenvalue weighted by Crippen LogP contribution is -2.15. The molecule has 1 heterocycles. The van der Waals surface area contributed by atoms with Crippen LogP contribution in [0.4, 0.5) is 0 Å². The summed E-state index contributed by atoms with van der Waals surface area (Å²) in [6.07, 6.45) is 5.79. The third-order valence-electron chi connectivity index (χ3n) is 3.19. The van der Waals surface area contributed by atoms with Crippen LogP contribution in [0.3, 0.4) is 0 Å². The second-order valence-electron chi connectivity index (χ2n) is 5.03. The number of ether oxygens (including phenoxy) is 1. The lowest BCUT2D eigenvalue weighted by Gasteiger charge is -2.13. The van der Waals surface area contributed by atoms with Crippen LogP contribution in [0, 0.1) is 0 Å². The molecule has 114 valence electrons. The molecule has 2 aromatic rings. The van der Waals surface area contributed by atoms with Crippen molar-refractivity contribution in [2.24, 2.45) is 7.05 Å². The van der Waals surface area contributed by atoms with Crippen LogP contribution in [0.1, 0.15) is 24.5 Å². The summed E-state index contributed by atoms with van der Waals surface area (Å²) >= 11 is 6.26. The van der Waals surface area contributed by atoms with E-state index in [1.807, 2.05) is 37.6 Å². The van der Waals surface area contributed by atoms with E-state index in [9.17, 15) is 0 Å². The molecule has 0 aliphatic carbocycles. The first kappa shape index (κ1) is 15.9. The Morgan fingerprint density at radius 1 is 1.38 bits per heavy atom. The first-order chi connectivity index (χ1) is 10.2. The van der Waals surface area contributed by atoms with Gasteiger partial charge in [-0.15, -0.1) is 0 Å². The summed E-state index contributed by atoms with van der Waals surface area (Å²) in [5.74, 6) is 0.784. The van der Waals surface area contributed by atoms with Gasteiger partial charge in [-0.05, 0) is 24.6 Å². The van der Waals surface area contributed by atoms with Gasteiger partial charge in [0.05, 0.1) is 17.8 Å². The molecule has 0 amide bonds. The van der Waals surface area contributed by atoms with Crippen molar-refractivity contribution in [2.75, 3.05) is 13.2 Å². The largest absolute Gasteiger partial charge is 0.491 e. The van der Waals surface area contributed by atoms with E-state index < -0.39 is 0 Å². The fraction of sp³-hybridized carbons (Fsp3) is 0.438. The van der Waals surface area contributed by atoms with Crippen LogP contribution in [-0.4, -0.2) is 22.9 Å². The van der Waals surface area contributed by atoms with E-state index in [4.69, 9.17) is 16.3 Å². The summed E-state index contributed by atoms with van der Waals surface area (Å²) in [6, 6.07) is 5.87. The van der Waals surface area contributed by atoms with Gasteiger partial charge in [-0.3, -0.25) is 4.68 Å². The highest BCUT2D eigenvalue weighted by molar-refractivity contribution is 6.32. The number of para-hydroxylation sites is 1. The van der Waals surface area contributed by atoms with Crippen LogP contribution in [0.25, 0.3) is 0 Å². The second kappa shape index (κ2) is 8.05. The molecule has 0 unspecified atom stereocenters. The van der Waals surface area contributed by atoms with Gasteiger partial charge in [-0.1, -0.05) is 30.7 Å². The van der Waals surface area contributed by atoms with E-state index in [1.165, 1.54) is 0 Å². The molecular formula is C16H22ClN3O. The maximum absolute atomic E-state index is 6.26. The molecule has 1 aromatic carbocycles. The van der Waals surface area contributed by atoms with E-state index in [-0.39, 0.29) is 0 Å². The van der Waals surface area contributed by atoms with E-state index >= 15 is 0 Å². The molecule has 21 heavy (non-hydrogen) atoms. The first-order valence-corrected chi connectivity index (χ1v) is 7.67. The van der Waals surface area contributed by atoms with Crippen LogP contribution in [0.15, 0.2) is 30.6 Å². The van der Waals surface area contributed by atoms with Gasteiger partial charge in [0.15, 0.2) is 0 Å². The van der Waals surface area contributed by atoms with E-state index in [1.54, 1.807) is 4.68 Å². The fourth-order valence-electron chi connectivity index (χ4n) is 2.13. The molecule has 1 aromatic heterocycles. The van der Waals surface area contributed by atoms with Crippen molar-refractivity contribution in [1.29, 1.82) is 0 Å². The maximum Gasteiger partial charge on any atom is 0.142 e. The van der Waals surface area contributed by atoms with Crippen molar-refractivity contribution in [1.82, 2.24) is 15.1 Å².